The Morgan fingerprint density at radius 3 is 2.74 bits per heavy atom. The number of anilines is 4. The van der Waals surface area contributed by atoms with E-state index in [1.807, 2.05) is 12.1 Å². The smallest absolute Gasteiger partial charge is 0.256 e. The van der Waals surface area contributed by atoms with Crippen molar-refractivity contribution in [2.24, 2.45) is 0 Å². The zero-order valence-corrected chi connectivity index (χ0v) is 19.1. The van der Waals surface area contributed by atoms with Crippen molar-refractivity contribution in [2.75, 3.05) is 17.2 Å². The molecule has 5 N–H and O–H groups in total. The van der Waals surface area contributed by atoms with Gasteiger partial charge in [0.25, 0.3) is 5.91 Å². The Morgan fingerprint density at radius 2 is 1.94 bits per heavy atom. The number of amides is 1. The molecule has 0 bridgehead atoms. The molecule has 0 saturated heterocycles. The summed E-state index contributed by atoms with van der Waals surface area (Å²) < 4.78 is 14.7. The van der Waals surface area contributed by atoms with E-state index in [-0.39, 0.29) is 35.1 Å². The SMILES string of the molecule is O=C(NC1CC1)c1cnc(Nc2ccc3c(c2)CNCC3)nc1Nc1nc(C2(O)CC2)ccc1F. The number of aliphatic hydroxyl groups is 1. The second-order valence-corrected chi connectivity index (χ2v) is 9.42. The third-order valence-electron chi connectivity index (χ3n) is 6.58. The molecule has 3 aromatic rings. The molecule has 3 aliphatic rings. The van der Waals surface area contributed by atoms with Crippen molar-refractivity contribution in [2.45, 2.75) is 50.3 Å². The van der Waals surface area contributed by atoms with Gasteiger partial charge in [-0.15, -0.1) is 0 Å². The maximum atomic E-state index is 14.7. The monoisotopic (exact) mass is 475 g/mol. The minimum absolute atomic E-state index is 0.104. The number of aromatic nitrogens is 3. The van der Waals surface area contributed by atoms with Crippen LogP contribution in [-0.4, -0.2) is 38.6 Å². The summed E-state index contributed by atoms with van der Waals surface area (Å²) >= 11 is 0. The van der Waals surface area contributed by atoms with E-state index < -0.39 is 11.4 Å². The molecule has 0 radical (unpaired) electrons. The van der Waals surface area contributed by atoms with E-state index in [1.165, 1.54) is 29.5 Å². The number of pyridine rings is 1. The molecule has 35 heavy (non-hydrogen) atoms. The molecule has 2 fully saturated rings. The average Bonchev–Trinajstić information content (AvgIpc) is 3.79. The Morgan fingerprint density at radius 1 is 1.09 bits per heavy atom. The second kappa shape index (κ2) is 8.54. The Labute approximate surface area is 201 Å². The number of halogens is 1. The van der Waals surface area contributed by atoms with Gasteiger partial charge in [-0.25, -0.2) is 14.4 Å². The summed E-state index contributed by atoms with van der Waals surface area (Å²) in [6.45, 7) is 1.76. The molecule has 0 unspecified atom stereocenters. The third-order valence-corrected chi connectivity index (χ3v) is 6.58. The second-order valence-electron chi connectivity index (χ2n) is 9.42. The summed E-state index contributed by atoms with van der Waals surface area (Å²) in [6, 6.07) is 8.97. The summed E-state index contributed by atoms with van der Waals surface area (Å²) in [7, 11) is 0. The van der Waals surface area contributed by atoms with Crippen LogP contribution in [0.15, 0.2) is 36.5 Å². The van der Waals surface area contributed by atoms with Gasteiger partial charge >= 0.3 is 0 Å². The number of carbonyl (C=O) groups excluding carboxylic acids is 1. The van der Waals surface area contributed by atoms with Crippen molar-refractivity contribution in [1.82, 2.24) is 25.6 Å². The molecule has 0 spiro atoms. The lowest BCUT2D eigenvalue weighted by Crippen LogP contribution is -2.27. The number of carbonyl (C=O) groups is 1. The maximum absolute atomic E-state index is 14.7. The predicted molar refractivity (Wildman–Crippen MR) is 128 cm³/mol. The Hall–Kier alpha value is -3.63. The van der Waals surface area contributed by atoms with Gasteiger partial charge in [-0.05, 0) is 74.0 Å². The molecule has 1 aliphatic heterocycles. The average molecular weight is 476 g/mol. The van der Waals surface area contributed by atoms with E-state index in [0.29, 0.717) is 18.5 Å². The van der Waals surface area contributed by atoms with Gasteiger partial charge < -0.3 is 26.4 Å². The van der Waals surface area contributed by atoms with Crippen LogP contribution in [0.25, 0.3) is 0 Å². The van der Waals surface area contributed by atoms with Crippen LogP contribution in [0.1, 0.15) is 52.9 Å². The van der Waals surface area contributed by atoms with Crippen LogP contribution in [0.4, 0.5) is 27.7 Å². The number of nitrogens with zero attached hydrogens (tertiary/aromatic N) is 3. The van der Waals surface area contributed by atoms with Gasteiger partial charge in [0.1, 0.15) is 17.0 Å². The number of nitrogens with one attached hydrogen (secondary N) is 4. The van der Waals surface area contributed by atoms with Gasteiger partial charge in [0.15, 0.2) is 11.6 Å². The molecule has 1 amide bonds. The van der Waals surface area contributed by atoms with Crippen LogP contribution in [-0.2, 0) is 18.6 Å². The molecule has 2 aromatic heterocycles. The standard InChI is InChI=1S/C25H26FN7O2/c26-19-5-6-20(25(35)8-9-25)31-22(19)32-21-18(23(34)29-16-3-4-16)13-28-24(33-21)30-17-2-1-14-7-10-27-12-15(14)11-17/h1-2,5-6,11,13,16,27,35H,3-4,7-10,12H2,(H,29,34)(H2,28,30,31,32,33). The first-order valence-corrected chi connectivity index (χ1v) is 11.9. The quantitative estimate of drug-likeness (QED) is 0.353. The highest BCUT2D eigenvalue weighted by molar-refractivity contribution is 5.99. The highest BCUT2D eigenvalue weighted by atomic mass is 19.1. The molecule has 9 nitrogen and oxygen atoms in total. The minimum Gasteiger partial charge on any atom is -0.384 e. The van der Waals surface area contributed by atoms with Crippen molar-refractivity contribution >= 4 is 29.2 Å². The van der Waals surface area contributed by atoms with E-state index in [2.05, 4.69) is 42.3 Å². The fraction of sp³-hybridized carbons (Fsp3) is 0.360. The van der Waals surface area contributed by atoms with Gasteiger partial charge in [0, 0.05) is 24.5 Å². The summed E-state index contributed by atoms with van der Waals surface area (Å²) in [5, 5.41) is 22.7. The van der Waals surface area contributed by atoms with Gasteiger partial charge in [-0.2, -0.15) is 4.98 Å². The van der Waals surface area contributed by atoms with E-state index in [4.69, 9.17) is 0 Å². The zero-order chi connectivity index (χ0) is 24.0. The van der Waals surface area contributed by atoms with Crippen molar-refractivity contribution in [1.29, 1.82) is 0 Å². The maximum Gasteiger partial charge on any atom is 0.256 e. The molecule has 3 heterocycles. The van der Waals surface area contributed by atoms with E-state index in [0.717, 1.165) is 38.0 Å². The van der Waals surface area contributed by atoms with Crippen LogP contribution in [0.2, 0.25) is 0 Å². The van der Waals surface area contributed by atoms with Crippen LogP contribution in [0, 0.1) is 5.82 Å². The molecule has 6 rings (SSSR count). The van der Waals surface area contributed by atoms with Crippen LogP contribution >= 0.6 is 0 Å². The fourth-order valence-electron chi connectivity index (χ4n) is 4.16. The van der Waals surface area contributed by atoms with Gasteiger partial charge in [0.2, 0.25) is 5.95 Å². The number of rotatable bonds is 7. The number of hydrogen-bond donors (Lipinski definition) is 5. The summed E-state index contributed by atoms with van der Waals surface area (Å²) in [5.41, 5.74) is 2.89. The first kappa shape index (κ1) is 21.9. The lowest BCUT2D eigenvalue weighted by Gasteiger charge is -2.18. The van der Waals surface area contributed by atoms with Crippen LogP contribution < -0.4 is 21.3 Å². The first-order chi connectivity index (χ1) is 17.0. The molecular weight excluding hydrogens is 449 g/mol. The number of benzene rings is 1. The van der Waals surface area contributed by atoms with Gasteiger partial charge in [0.05, 0.1) is 5.69 Å². The Bertz CT molecular complexity index is 1310. The van der Waals surface area contributed by atoms with Crippen molar-refractivity contribution in [3.63, 3.8) is 0 Å². The zero-order valence-electron chi connectivity index (χ0n) is 19.1. The van der Waals surface area contributed by atoms with E-state index >= 15 is 0 Å². The molecule has 180 valence electrons. The molecule has 2 aliphatic carbocycles. The Kier molecular flexibility index (Phi) is 5.34. The summed E-state index contributed by atoms with van der Waals surface area (Å²) in [6.07, 6.45) is 5.43. The summed E-state index contributed by atoms with van der Waals surface area (Å²) in [5.74, 6) is -0.656. The number of hydrogen-bond acceptors (Lipinski definition) is 8. The predicted octanol–water partition coefficient (Wildman–Crippen LogP) is 3.02. The summed E-state index contributed by atoms with van der Waals surface area (Å²) in [4.78, 5) is 26.0. The van der Waals surface area contributed by atoms with Gasteiger partial charge in [-0.3, -0.25) is 4.79 Å². The highest BCUT2D eigenvalue weighted by Crippen LogP contribution is 2.44. The van der Waals surface area contributed by atoms with Crippen LogP contribution in [0.5, 0.6) is 0 Å². The lowest BCUT2D eigenvalue weighted by atomic mass is 10.0. The number of fused-ring (bicyclic) bond motifs is 1. The normalized spacial score (nSPS) is 17.9. The molecule has 10 heteroatoms. The van der Waals surface area contributed by atoms with Crippen molar-refractivity contribution in [3.8, 4) is 0 Å². The molecular formula is C25H26FN7O2. The van der Waals surface area contributed by atoms with Crippen molar-refractivity contribution < 1.29 is 14.3 Å². The minimum atomic E-state index is -1.02. The molecule has 2 saturated carbocycles. The third kappa shape index (κ3) is 4.67. The van der Waals surface area contributed by atoms with Gasteiger partial charge in [-0.1, -0.05) is 6.07 Å². The topological polar surface area (TPSA) is 124 Å². The highest BCUT2D eigenvalue weighted by Gasteiger charge is 2.44. The Balaban J connectivity index is 1.31. The first-order valence-electron chi connectivity index (χ1n) is 11.9. The largest absolute Gasteiger partial charge is 0.384 e. The lowest BCUT2D eigenvalue weighted by molar-refractivity contribution is 0.0951. The molecule has 0 atom stereocenters. The fourth-order valence-corrected chi connectivity index (χ4v) is 4.16. The van der Waals surface area contributed by atoms with Crippen molar-refractivity contribution in [3.05, 3.63) is 64.7 Å². The van der Waals surface area contributed by atoms with E-state index in [9.17, 15) is 14.3 Å². The van der Waals surface area contributed by atoms with Crippen LogP contribution in [0.3, 0.4) is 0 Å². The van der Waals surface area contributed by atoms with E-state index in [1.54, 1.807) is 0 Å². The molecule has 1 aromatic carbocycles.